The van der Waals surface area contributed by atoms with Gasteiger partial charge in [0.2, 0.25) is 5.91 Å². The van der Waals surface area contributed by atoms with Crippen LogP contribution in [0.5, 0.6) is 0 Å². The number of carbonyl (C=O) groups is 1. The Morgan fingerprint density at radius 3 is 2.59 bits per heavy atom. The van der Waals surface area contributed by atoms with E-state index in [-0.39, 0.29) is 5.91 Å². The molecule has 1 atom stereocenters. The smallest absolute Gasteiger partial charge is 0.220 e. The summed E-state index contributed by atoms with van der Waals surface area (Å²) in [6.07, 6.45) is 1.24. The minimum Gasteiger partial charge on any atom is -0.358 e. The molecule has 0 bridgehead atoms. The highest BCUT2D eigenvalue weighted by molar-refractivity contribution is 5.76. The molecule has 0 saturated heterocycles. The normalized spacial score (nSPS) is 12.4. The van der Waals surface area contributed by atoms with Crippen LogP contribution in [0.4, 0.5) is 0 Å². The third-order valence-electron chi connectivity index (χ3n) is 3.93. The van der Waals surface area contributed by atoms with E-state index in [2.05, 4.69) is 46.4 Å². The van der Waals surface area contributed by atoms with E-state index in [0.717, 1.165) is 23.4 Å². The Bertz CT molecular complexity index is 589. The zero-order valence-corrected chi connectivity index (χ0v) is 13.6. The maximum Gasteiger partial charge on any atom is 0.220 e. The molecule has 0 fully saturated rings. The van der Waals surface area contributed by atoms with Gasteiger partial charge in [0, 0.05) is 30.4 Å². The lowest BCUT2D eigenvalue weighted by Crippen LogP contribution is -2.38. The molecule has 4 nitrogen and oxygen atoms in total. The number of nitrogens with one attached hydrogen (secondary N) is 2. The fraction of sp³-hybridized carbons (Fsp3) is 0.389. The van der Waals surface area contributed by atoms with E-state index < -0.39 is 0 Å². The van der Waals surface area contributed by atoms with Gasteiger partial charge in [0.25, 0.3) is 0 Å². The van der Waals surface area contributed by atoms with Gasteiger partial charge >= 0.3 is 0 Å². The molecule has 118 valence electrons. The number of H-pyrrole nitrogens is 1. The van der Waals surface area contributed by atoms with Crippen LogP contribution in [-0.4, -0.2) is 42.5 Å². The van der Waals surface area contributed by atoms with Gasteiger partial charge in [-0.25, -0.2) is 0 Å². The van der Waals surface area contributed by atoms with Crippen LogP contribution in [0, 0.1) is 0 Å². The molecule has 0 aliphatic heterocycles. The average molecular weight is 299 g/mol. The number of rotatable bonds is 7. The van der Waals surface area contributed by atoms with Crippen molar-refractivity contribution in [1.29, 1.82) is 0 Å². The molecule has 1 aromatic heterocycles. The Hall–Kier alpha value is -2.07. The number of aromatic nitrogens is 1. The third-order valence-corrected chi connectivity index (χ3v) is 3.93. The van der Waals surface area contributed by atoms with Gasteiger partial charge in [-0.1, -0.05) is 30.3 Å². The maximum atomic E-state index is 11.9. The van der Waals surface area contributed by atoms with Crippen molar-refractivity contribution in [3.05, 3.63) is 48.2 Å². The van der Waals surface area contributed by atoms with Crippen LogP contribution in [0.15, 0.2) is 42.5 Å². The Balaban J connectivity index is 1.80. The standard InChI is InChI=1S/C18H25N3O/c1-14(21(2)3)13-19-18(22)12-10-16-9-11-17(20-16)15-7-5-4-6-8-15/h4-9,11,14,20H,10,12-13H2,1-3H3,(H,19,22)/t14-/m0/s1. The number of benzene rings is 1. The van der Waals surface area contributed by atoms with Crippen molar-refractivity contribution in [2.24, 2.45) is 0 Å². The summed E-state index contributed by atoms with van der Waals surface area (Å²) < 4.78 is 0. The summed E-state index contributed by atoms with van der Waals surface area (Å²) in [5.41, 5.74) is 3.35. The number of hydrogen-bond donors (Lipinski definition) is 2. The minimum absolute atomic E-state index is 0.101. The van der Waals surface area contributed by atoms with Gasteiger partial charge in [-0.05, 0) is 45.1 Å². The number of nitrogens with zero attached hydrogens (tertiary/aromatic N) is 1. The highest BCUT2D eigenvalue weighted by atomic mass is 16.1. The van der Waals surface area contributed by atoms with Gasteiger partial charge < -0.3 is 15.2 Å². The van der Waals surface area contributed by atoms with Crippen LogP contribution in [0.2, 0.25) is 0 Å². The number of carbonyl (C=O) groups excluding carboxylic acids is 1. The Labute approximate surface area is 132 Å². The molecule has 0 spiro atoms. The van der Waals surface area contributed by atoms with Crippen LogP contribution in [-0.2, 0) is 11.2 Å². The van der Waals surface area contributed by atoms with Crippen molar-refractivity contribution in [3.63, 3.8) is 0 Å². The van der Waals surface area contributed by atoms with Crippen molar-refractivity contribution in [2.75, 3.05) is 20.6 Å². The Morgan fingerprint density at radius 2 is 1.91 bits per heavy atom. The SMILES string of the molecule is C[C@@H](CNC(=O)CCc1ccc(-c2ccccc2)[nH]1)N(C)C. The molecule has 1 heterocycles. The summed E-state index contributed by atoms with van der Waals surface area (Å²) in [4.78, 5) is 17.4. The summed E-state index contributed by atoms with van der Waals surface area (Å²) in [5, 5.41) is 2.98. The topological polar surface area (TPSA) is 48.1 Å². The first-order valence-corrected chi connectivity index (χ1v) is 7.72. The first-order chi connectivity index (χ1) is 10.6. The van der Waals surface area contributed by atoms with Crippen LogP contribution in [0.3, 0.4) is 0 Å². The zero-order chi connectivity index (χ0) is 15.9. The highest BCUT2D eigenvalue weighted by Crippen LogP contribution is 2.18. The molecule has 1 aromatic carbocycles. The van der Waals surface area contributed by atoms with Gasteiger partial charge in [0.1, 0.15) is 0 Å². The lowest BCUT2D eigenvalue weighted by molar-refractivity contribution is -0.121. The van der Waals surface area contributed by atoms with Crippen molar-refractivity contribution in [2.45, 2.75) is 25.8 Å². The van der Waals surface area contributed by atoms with E-state index in [1.807, 2.05) is 32.3 Å². The third kappa shape index (κ3) is 4.74. The second kappa shape index (κ2) is 7.80. The van der Waals surface area contributed by atoms with Crippen LogP contribution < -0.4 is 5.32 Å². The highest BCUT2D eigenvalue weighted by Gasteiger charge is 2.08. The lowest BCUT2D eigenvalue weighted by Gasteiger charge is -2.19. The monoisotopic (exact) mass is 299 g/mol. The molecule has 0 aliphatic rings. The molecule has 2 aromatic rings. The molecule has 4 heteroatoms. The summed E-state index contributed by atoms with van der Waals surface area (Å²) in [7, 11) is 4.03. The van der Waals surface area contributed by atoms with Gasteiger partial charge in [-0.2, -0.15) is 0 Å². The second-order valence-electron chi connectivity index (χ2n) is 5.88. The largest absolute Gasteiger partial charge is 0.358 e. The van der Waals surface area contributed by atoms with Gasteiger partial charge in [-0.3, -0.25) is 4.79 Å². The predicted molar refractivity (Wildman–Crippen MR) is 90.7 cm³/mol. The van der Waals surface area contributed by atoms with Crippen molar-refractivity contribution < 1.29 is 4.79 Å². The quantitative estimate of drug-likeness (QED) is 0.826. The van der Waals surface area contributed by atoms with E-state index in [1.54, 1.807) is 0 Å². The summed E-state index contributed by atoms with van der Waals surface area (Å²) in [6.45, 7) is 2.78. The molecule has 22 heavy (non-hydrogen) atoms. The number of likely N-dealkylation sites (N-methyl/N-ethyl adjacent to an activating group) is 1. The van der Waals surface area contributed by atoms with Crippen LogP contribution >= 0.6 is 0 Å². The van der Waals surface area contributed by atoms with Crippen molar-refractivity contribution in [1.82, 2.24) is 15.2 Å². The van der Waals surface area contributed by atoms with Gasteiger partial charge in [0.15, 0.2) is 0 Å². The molecule has 2 N–H and O–H groups in total. The summed E-state index contributed by atoms with van der Waals surface area (Å²) >= 11 is 0. The van der Waals surface area contributed by atoms with Crippen molar-refractivity contribution >= 4 is 5.91 Å². The fourth-order valence-corrected chi connectivity index (χ4v) is 2.15. The molecular formula is C18H25N3O. The van der Waals surface area contributed by atoms with E-state index in [4.69, 9.17) is 0 Å². The average Bonchev–Trinajstić information content (AvgIpc) is 3.00. The van der Waals surface area contributed by atoms with E-state index in [9.17, 15) is 4.79 Å². The molecular weight excluding hydrogens is 274 g/mol. The molecule has 0 unspecified atom stereocenters. The summed E-state index contributed by atoms with van der Waals surface area (Å²) in [5.74, 6) is 0.101. The number of aryl methyl sites for hydroxylation is 1. The van der Waals surface area contributed by atoms with E-state index in [1.165, 1.54) is 0 Å². The number of hydrogen-bond acceptors (Lipinski definition) is 2. The molecule has 2 rings (SSSR count). The molecule has 0 saturated carbocycles. The number of amides is 1. The van der Waals surface area contributed by atoms with Crippen LogP contribution in [0.25, 0.3) is 11.3 Å². The van der Waals surface area contributed by atoms with E-state index in [0.29, 0.717) is 19.0 Å². The lowest BCUT2D eigenvalue weighted by atomic mass is 10.2. The number of aromatic amines is 1. The second-order valence-corrected chi connectivity index (χ2v) is 5.88. The minimum atomic E-state index is 0.101. The van der Waals surface area contributed by atoms with Gasteiger partial charge in [-0.15, -0.1) is 0 Å². The molecule has 0 radical (unpaired) electrons. The fourth-order valence-electron chi connectivity index (χ4n) is 2.15. The van der Waals surface area contributed by atoms with Crippen LogP contribution in [0.1, 0.15) is 19.0 Å². The zero-order valence-electron chi connectivity index (χ0n) is 13.6. The Morgan fingerprint density at radius 1 is 1.18 bits per heavy atom. The summed E-state index contributed by atoms with van der Waals surface area (Å²) in [6, 6.07) is 14.7. The van der Waals surface area contributed by atoms with E-state index >= 15 is 0 Å². The Kier molecular flexibility index (Phi) is 5.78. The molecule has 0 aliphatic carbocycles. The maximum absolute atomic E-state index is 11.9. The predicted octanol–water partition coefficient (Wildman–Crippen LogP) is 2.68. The first-order valence-electron chi connectivity index (χ1n) is 7.72. The van der Waals surface area contributed by atoms with Crippen molar-refractivity contribution in [3.8, 4) is 11.3 Å². The van der Waals surface area contributed by atoms with Gasteiger partial charge in [0.05, 0.1) is 0 Å². The molecule has 1 amide bonds. The first kappa shape index (κ1) is 16.3.